The first kappa shape index (κ1) is 29.2. The van der Waals surface area contributed by atoms with Crippen LogP contribution < -0.4 is 4.74 Å². The number of ether oxygens (including phenoxy) is 1. The van der Waals surface area contributed by atoms with E-state index in [0.717, 1.165) is 30.7 Å². The molecule has 35 heavy (non-hydrogen) atoms. The summed E-state index contributed by atoms with van der Waals surface area (Å²) in [6.07, 6.45) is 10.3. The number of aryl methyl sites for hydroxylation is 1. The van der Waals surface area contributed by atoms with Gasteiger partial charge in [0.05, 0.1) is 13.8 Å². The highest BCUT2D eigenvalue weighted by molar-refractivity contribution is 5.31. The molecule has 2 fully saturated rings. The van der Waals surface area contributed by atoms with Crippen LogP contribution in [0.5, 0.6) is 5.75 Å². The quantitative estimate of drug-likeness (QED) is 0.349. The number of halogens is 4. The van der Waals surface area contributed by atoms with E-state index in [1.165, 1.54) is 62.8 Å². The molecule has 0 N–H and O–H groups in total. The van der Waals surface area contributed by atoms with Crippen LogP contribution in [-0.4, -0.2) is 20.0 Å². The average Bonchev–Trinajstić information content (AvgIpc) is 2.86. The Morgan fingerprint density at radius 2 is 1.40 bits per heavy atom. The summed E-state index contributed by atoms with van der Waals surface area (Å²) >= 11 is 0. The molecule has 0 spiro atoms. The molecule has 2 aromatic rings. The normalized spacial score (nSPS) is 24.0. The van der Waals surface area contributed by atoms with E-state index in [2.05, 4.69) is 31.2 Å². The number of hydrogen-bond acceptors (Lipinski definition) is 1. The van der Waals surface area contributed by atoms with Crippen LogP contribution in [0.4, 0.5) is 17.9 Å². The van der Waals surface area contributed by atoms with Gasteiger partial charge in [-0.05, 0) is 111 Å². The van der Waals surface area contributed by atoms with Crippen LogP contribution in [0.1, 0.15) is 99.7 Å². The molecular formula is C30H42F4O. The van der Waals surface area contributed by atoms with E-state index in [1.54, 1.807) is 6.07 Å². The zero-order chi connectivity index (χ0) is 24.3. The van der Waals surface area contributed by atoms with Gasteiger partial charge in [0.15, 0.2) is 11.6 Å². The molecule has 5 heteroatoms. The average molecular weight is 495 g/mol. The maximum Gasteiger partial charge on any atom is 0.165 e. The summed E-state index contributed by atoms with van der Waals surface area (Å²) in [5.74, 6) is 1.60. The van der Waals surface area contributed by atoms with Crippen molar-refractivity contribution < 1.29 is 22.6 Å². The van der Waals surface area contributed by atoms with Crippen molar-refractivity contribution in [1.29, 1.82) is 0 Å². The van der Waals surface area contributed by atoms with E-state index in [1.807, 2.05) is 6.07 Å². The monoisotopic (exact) mass is 494 g/mol. The first-order chi connectivity index (χ1) is 16.5. The van der Waals surface area contributed by atoms with Gasteiger partial charge in [0.2, 0.25) is 0 Å². The predicted octanol–water partition coefficient (Wildman–Crippen LogP) is 9.25. The van der Waals surface area contributed by atoms with E-state index < -0.39 is 6.17 Å². The SMILES string of the molecule is CCCc1ccc(C2CCC(CCF)CC2)cc1.COc1ccc(C2CCC(F)CC2)cc1F.F. The van der Waals surface area contributed by atoms with Crippen molar-refractivity contribution in [3.05, 3.63) is 65.0 Å². The first-order valence-corrected chi connectivity index (χ1v) is 13.2. The van der Waals surface area contributed by atoms with E-state index in [9.17, 15) is 13.2 Å². The minimum absolute atomic E-state index is 0. The Labute approximate surface area is 208 Å². The minimum atomic E-state index is -0.667. The third-order valence-electron chi connectivity index (χ3n) is 7.66. The fraction of sp³-hybridized carbons (Fsp3) is 0.600. The molecule has 2 aromatic carbocycles. The molecule has 196 valence electrons. The lowest BCUT2D eigenvalue weighted by molar-refractivity contribution is 0.235. The van der Waals surface area contributed by atoms with Gasteiger partial charge in [-0.2, -0.15) is 0 Å². The Balaban J connectivity index is 0.000000241. The lowest BCUT2D eigenvalue weighted by Crippen LogP contribution is -2.13. The molecule has 0 atom stereocenters. The Bertz CT molecular complexity index is 838. The molecule has 0 unspecified atom stereocenters. The van der Waals surface area contributed by atoms with E-state index in [4.69, 9.17) is 4.74 Å². The topological polar surface area (TPSA) is 9.23 Å². The van der Waals surface area contributed by atoms with Gasteiger partial charge in [-0.1, -0.05) is 43.7 Å². The van der Waals surface area contributed by atoms with E-state index in [0.29, 0.717) is 24.7 Å². The fourth-order valence-electron chi connectivity index (χ4n) is 5.51. The van der Waals surface area contributed by atoms with Gasteiger partial charge < -0.3 is 4.74 Å². The number of benzene rings is 2. The Kier molecular flexibility index (Phi) is 12.6. The Morgan fingerprint density at radius 3 is 1.94 bits per heavy atom. The molecule has 2 aliphatic carbocycles. The minimum Gasteiger partial charge on any atom is -0.494 e. The van der Waals surface area contributed by atoms with Crippen LogP contribution in [-0.2, 0) is 6.42 Å². The molecule has 1 nitrogen and oxygen atoms in total. The molecule has 0 aromatic heterocycles. The van der Waals surface area contributed by atoms with Gasteiger partial charge in [-0.3, -0.25) is 9.09 Å². The van der Waals surface area contributed by atoms with Gasteiger partial charge in [-0.15, -0.1) is 0 Å². The second-order valence-corrected chi connectivity index (χ2v) is 10.0. The highest BCUT2D eigenvalue weighted by Crippen LogP contribution is 2.37. The molecule has 0 radical (unpaired) electrons. The van der Waals surface area contributed by atoms with Crippen molar-refractivity contribution >= 4 is 0 Å². The lowest BCUT2D eigenvalue weighted by Gasteiger charge is -2.28. The maximum atomic E-state index is 13.5. The van der Waals surface area contributed by atoms with E-state index >= 15 is 0 Å². The van der Waals surface area contributed by atoms with Crippen LogP contribution in [0, 0.1) is 11.7 Å². The molecule has 0 heterocycles. The van der Waals surface area contributed by atoms with Crippen LogP contribution in [0.25, 0.3) is 0 Å². The number of alkyl halides is 2. The molecule has 2 aliphatic rings. The van der Waals surface area contributed by atoms with Gasteiger partial charge in [-0.25, -0.2) is 8.78 Å². The second-order valence-electron chi connectivity index (χ2n) is 10.0. The third kappa shape index (κ3) is 8.84. The molecule has 0 aliphatic heterocycles. The van der Waals surface area contributed by atoms with Crippen molar-refractivity contribution in [2.75, 3.05) is 13.8 Å². The fourth-order valence-corrected chi connectivity index (χ4v) is 5.51. The van der Waals surface area contributed by atoms with Crippen molar-refractivity contribution in [3.63, 3.8) is 0 Å². The lowest BCUT2D eigenvalue weighted by atomic mass is 9.77. The summed E-state index contributed by atoms with van der Waals surface area (Å²) in [5, 5.41) is 0. The van der Waals surface area contributed by atoms with Crippen molar-refractivity contribution in [2.45, 2.75) is 95.6 Å². The summed E-state index contributed by atoms with van der Waals surface area (Å²) < 4.78 is 43.6. The highest BCUT2D eigenvalue weighted by atomic mass is 19.1. The van der Waals surface area contributed by atoms with Crippen molar-refractivity contribution in [3.8, 4) is 5.75 Å². The standard InChI is InChI=1S/C17H25F.C13H16F2O.FH/c1-2-3-14-4-8-16(9-5-14)17-10-6-15(7-11-17)12-13-18;1-16-13-7-4-10(8-12(13)15)9-2-5-11(14)6-3-9;/h4-5,8-9,15,17H,2-3,6-7,10-13H2,1H3;4,7-9,11H,2-3,5-6H2,1H3;1H. The second kappa shape index (κ2) is 15.2. The summed E-state index contributed by atoms with van der Waals surface area (Å²) in [5.41, 5.74) is 3.91. The molecule has 0 saturated heterocycles. The van der Waals surface area contributed by atoms with Crippen LogP contribution in [0.2, 0.25) is 0 Å². The van der Waals surface area contributed by atoms with Gasteiger partial charge >= 0.3 is 0 Å². The molecule has 2 saturated carbocycles. The van der Waals surface area contributed by atoms with Crippen LogP contribution in [0.15, 0.2) is 42.5 Å². The van der Waals surface area contributed by atoms with Crippen LogP contribution in [0.3, 0.4) is 0 Å². The molecule has 0 amide bonds. The highest BCUT2D eigenvalue weighted by Gasteiger charge is 2.23. The maximum absolute atomic E-state index is 13.5. The Hall–Kier alpha value is -2.04. The summed E-state index contributed by atoms with van der Waals surface area (Å²) in [6, 6.07) is 14.2. The number of rotatable bonds is 7. The van der Waals surface area contributed by atoms with Crippen molar-refractivity contribution in [1.82, 2.24) is 0 Å². The molecule has 0 bridgehead atoms. The zero-order valence-corrected chi connectivity index (χ0v) is 21.3. The van der Waals surface area contributed by atoms with Gasteiger partial charge in [0.1, 0.15) is 6.17 Å². The van der Waals surface area contributed by atoms with Crippen molar-refractivity contribution in [2.24, 2.45) is 5.92 Å². The smallest absolute Gasteiger partial charge is 0.165 e. The van der Waals surface area contributed by atoms with Gasteiger partial charge in [0, 0.05) is 0 Å². The summed E-state index contributed by atoms with van der Waals surface area (Å²) in [4.78, 5) is 0. The summed E-state index contributed by atoms with van der Waals surface area (Å²) in [6.45, 7) is 2.08. The first-order valence-electron chi connectivity index (χ1n) is 13.2. The summed E-state index contributed by atoms with van der Waals surface area (Å²) in [7, 11) is 1.45. The van der Waals surface area contributed by atoms with Gasteiger partial charge in [0.25, 0.3) is 0 Å². The molecular weight excluding hydrogens is 452 g/mol. The zero-order valence-electron chi connectivity index (χ0n) is 21.3. The van der Waals surface area contributed by atoms with Crippen LogP contribution >= 0.6 is 0 Å². The largest absolute Gasteiger partial charge is 0.494 e. The predicted molar refractivity (Wildman–Crippen MR) is 137 cm³/mol. The Morgan fingerprint density at radius 1 is 0.829 bits per heavy atom. The third-order valence-corrected chi connectivity index (χ3v) is 7.66. The number of hydrogen-bond donors (Lipinski definition) is 0. The molecule has 4 rings (SSSR count). The van der Waals surface area contributed by atoms with E-state index in [-0.39, 0.29) is 22.9 Å². The number of methoxy groups -OCH3 is 1.